The van der Waals surface area contributed by atoms with Crippen LogP contribution in [0.3, 0.4) is 0 Å². The zero-order chi connectivity index (χ0) is 26.0. The van der Waals surface area contributed by atoms with Crippen molar-refractivity contribution in [3.63, 3.8) is 0 Å². The van der Waals surface area contributed by atoms with Crippen LogP contribution >= 0.6 is 0 Å². The molecule has 1 saturated carbocycles. The first-order valence-corrected chi connectivity index (χ1v) is 14.1. The Bertz CT molecular complexity index is 1400. The number of sulfonamides is 1. The van der Waals surface area contributed by atoms with Gasteiger partial charge in [0, 0.05) is 23.9 Å². The van der Waals surface area contributed by atoms with Crippen molar-refractivity contribution in [2.45, 2.75) is 51.1 Å². The highest BCUT2D eigenvalue weighted by Crippen LogP contribution is 2.32. The molecule has 1 heterocycles. The fourth-order valence-electron chi connectivity index (χ4n) is 5.04. The molecule has 37 heavy (non-hydrogen) atoms. The molecule has 0 saturated heterocycles. The fourth-order valence-corrected chi connectivity index (χ4v) is 6.44. The van der Waals surface area contributed by atoms with Crippen LogP contribution in [-0.4, -0.2) is 26.1 Å². The van der Waals surface area contributed by atoms with Gasteiger partial charge in [0.1, 0.15) is 5.82 Å². The van der Waals surface area contributed by atoms with Crippen molar-refractivity contribution in [3.8, 4) is 0 Å². The van der Waals surface area contributed by atoms with Gasteiger partial charge in [-0.2, -0.15) is 0 Å². The number of hydrogen-bond donors (Lipinski definition) is 2. The standard InChI is InChI=1S/C29H30FN3O3S/c1-19(20-7-12-24(30)13-8-20)31-29(34)22-9-14-25(15-10-22)33-37(35,36)26-16-11-23-17-27(32-28(23)18-26)21-5-3-2-4-6-21/h2-8,11-13,16-17,19,22,25,33H,9-10,14-15,18H2,1H3,(H,31,34)/t19-,22?,25?/m1/s1. The van der Waals surface area contributed by atoms with Crippen LogP contribution in [0.15, 0.2) is 88.3 Å². The van der Waals surface area contributed by atoms with Gasteiger partial charge in [0.2, 0.25) is 15.9 Å². The molecule has 0 bridgehead atoms. The number of allylic oxidation sites excluding steroid dienone is 5. The zero-order valence-electron chi connectivity index (χ0n) is 20.7. The quantitative estimate of drug-likeness (QED) is 0.528. The second-order valence-corrected chi connectivity index (χ2v) is 11.6. The number of fused-ring (bicyclic) bond motifs is 1. The van der Waals surface area contributed by atoms with Gasteiger partial charge in [-0.1, -0.05) is 48.5 Å². The molecule has 6 nitrogen and oxygen atoms in total. The number of nitrogens with zero attached hydrogens (tertiary/aromatic N) is 1. The van der Waals surface area contributed by atoms with Gasteiger partial charge in [0.25, 0.3) is 0 Å². The highest BCUT2D eigenvalue weighted by molar-refractivity contribution is 7.93. The minimum Gasteiger partial charge on any atom is -0.349 e. The van der Waals surface area contributed by atoms with Crippen LogP contribution in [0.2, 0.25) is 0 Å². The number of benzene rings is 2. The summed E-state index contributed by atoms with van der Waals surface area (Å²) in [6.07, 6.45) is 8.13. The lowest BCUT2D eigenvalue weighted by molar-refractivity contribution is -0.126. The van der Waals surface area contributed by atoms with Gasteiger partial charge in [-0.25, -0.2) is 17.5 Å². The first kappa shape index (κ1) is 25.3. The number of amides is 1. The Kier molecular flexibility index (Phi) is 7.22. The Hall–Kier alpha value is -3.36. The number of carbonyl (C=O) groups excluding carboxylic acids is 1. The summed E-state index contributed by atoms with van der Waals surface area (Å²) < 4.78 is 42.3. The maximum Gasteiger partial charge on any atom is 0.237 e. The minimum atomic E-state index is -3.67. The summed E-state index contributed by atoms with van der Waals surface area (Å²) in [7, 11) is -3.67. The smallest absolute Gasteiger partial charge is 0.237 e. The van der Waals surface area contributed by atoms with Crippen molar-refractivity contribution in [2.24, 2.45) is 10.9 Å². The summed E-state index contributed by atoms with van der Waals surface area (Å²) in [6.45, 7) is 1.87. The van der Waals surface area contributed by atoms with Crippen LogP contribution in [0.4, 0.5) is 4.39 Å². The lowest BCUT2D eigenvalue weighted by Crippen LogP contribution is -2.41. The maximum absolute atomic E-state index is 13.2. The summed E-state index contributed by atoms with van der Waals surface area (Å²) >= 11 is 0. The molecule has 192 valence electrons. The molecular weight excluding hydrogens is 489 g/mol. The summed E-state index contributed by atoms with van der Waals surface area (Å²) in [6, 6.07) is 15.5. The van der Waals surface area contributed by atoms with Gasteiger partial charge < -0.3 is 5.32 Å². The van der Waals surface area contributed by atoms with Gasteiger partial charge in [0.15, 0.2) is 0 Å². The van der Waals surface area contributed by atoms with E-state index in [1.54, 1.807) is 18.2 Å². The fraction of sp³-hybridized carbons (Fsp3) is 0.310. The lowest BCUT2D eigenvalue weighted by atomic mass is 9.85. The molecular formula is C29H30FN3O3S. The topological polar surface area (TPSA) is 87.6 Å². The van der Waals surface area contributed by atoms with Gasteiger partial charge in [0.05, 0.1) is 22.4 Å². The molecule has 0 radical (unpaired) electrons. The molecule has 5 rings (SSSR count). The number of carbonyl (C=O) groups is 1. The van der Waals surface area contributed by atoms with Gasteiger partial charge in [-0.05, 0) is 68.0 Å². The van der Waals surface area contributed by atoms with E-state index in [2.05, 4.69) is 15.0 Å². The van der Waals surface area contributed by atoms with Crippen molar-refractivity contribution >= 4 is 27.3 Å². The highest BCUT2D eigenvalue weighted by atomic mass is 32.2. The average Bonchev–Trinajstić information content (AvgIpc) is 3.33. The van der Waals surface area contributed by atoms with E-state index in [-0.39, 0.29) is 36.1 Å². The van der Waals surface area contributed by atoms with Crippen molar-refractivity contribution in [2.75, 3.05) is 0 Å². The third-order valence-corrected chi connectivity index (χ3v) is 8.85. The Morgan fingerprint density at radius 2 is 1.70 bits per heavy atom. The number of hydrogen-bond acceptors (Lipinski definition) is 4. The van der Waals surface area contributed by atoms with E-state index in [0.29, 0.717) is 30.6 Å². The first-order chi connectivity index (χ1) is 17.8. The maximum atomic E-state index is 13.2. The highest BCUT2D eigenvalue weighted by Gasteiger charge is 2.32. The lowest BCUT2D eigenvalue weighted by Gasteiger charge is -2.29. The number of rotatable bonds is 7. The Morgan fingerprint density at radius 3 is 2.41 bits per heavy atom. The van der Waals surface area contributed by atoms with E-state index in [9.17, 15) is 17.6 Å². The molecule has 1 aliphatic heterocycles. The number of halogens is 1. The van der Waals surface area contributed by atoms with Crippen LogP contribution < -0.4 is 10.0 Å². The van der Waals surface area contributed by atoms with Crippen LogP contribution in [0.1, 0.15) is 56.2 Å². The van der Waals surface area contributed by atoms with E-state index in [0.717, 1.165) is 28.1 Å². The van der Waals surface area contributed by atoms with Crippen molar-refractivity contribution < 1.29 is 17.6 Å². The molecule has 8 heteroatoms. The second kappa shape index (κ2) is 10.6. The molecule has 1 fully saturated rings. The van der Waals surface area contributed by atoms with Gasteiger partial charge in [-0.3, -0.25) is 9.79 Å². The monoisotopic (exact) mass is 519 g/mol. The van der Waals surface area contributed by atoms with Crippen molar-refractivity contribution in [1.29, 1.82) is 0 Å². The summed E-state index contributed by atoms with van der Waals surface area (Å²) in [4.78, 5) is 17.8. The van der Waals surface area contributed by atoms with Crippen LogP contribution in [0.25, 0.3) is 5.70 Å². The molecule has 0 unspecified atom stereocenters. The molecule has 2 N–H and O–H groups in total. The third kappa shape index (κ3) is 5.81. The van der Waals surface area contributed by atoms with Crippen LogP contribution in [0.5, 0.6) is 0 Å². The molecule has 0 spiro atoms. The van der Waals surface area contributed by atoms with Crippen molar-refractivity contribution in [3.05, 3.63) is 100 Å². The molecule has 2 aromatic carbocycles. The number of aliphatic imine (C=N–C) groups is 1. The Labute approximate surface area is 217 Å². The molecule has 2 aromatic rings. The predicted octanol–water partition coefficient (Wildman–Crippen LogP) is 5.19. The van der Waals surface area contributed by atoms with Crippen LogP contribution in [0, 0.1) is 11.7 Å². The van der Waals surface area contributed by atoms with E-state index in [1.807, 2.05) is 49.4 Å². The van der Waals surface area contributed by atoms with E-state index in [1.165, 1.54) is 12.1 Å². The molecule has 3 aliphatic rings. The van der Waals surface area contributed by atoms with Gasteiger partial charge in [-0.15, -0.1) is 0 Å². The zero-order valence-corrected chi connectivity index (χ0v) is 21.5. The third-order valence-electron chi connectivity index (χ3n) is 7.23. The molecule has 2 aliphatic carbocycles. The van der Waals surface area contributed by atoms with E-state index in [4.69, 9.17) is 0 Å². The summed E-state index contributed by atoms with van der Waals surface area (Å²) in [5.74, 6) is -0.529. The van der Waals surface area contributed by atoms with Crippen molar-refractivity contribution in [1.82, 2.24) is 10.0 Å². The van der Waals surface area contributed by atoms with Gasteiger partial charge >= 0.3 is 0 Å². The SMILES string of the molecule is C[C@@H](NC(=O)C1CCC(NS(=O)(=O)C2=CC=C3C=C(c4ccccc4)N=C3C2)CC1)c1ccc(F)cc1. The predicted molar refractivity (Wildman–Crippen MR) is 143 cm³/mol. The first-order valence-electron chi connectivity index (χ1n) is 12.6. The molecule has 1 atom stereocenters. The average molecular weight is 520 g/mol. The Morgan fingerprint density at radius 1 is 1.00 bits per heavy atom. The number of nitrogens with one attached hydrogen (secondary N) is 2. The Balaban J connectivity index is 1.14. The van der Waals surface area contributed by atoms with E-state index >= 15 is 0 Å². The van der Waals surface area contributed by atoms with Crippen LogP contribution in [-0.2, 0) is 14.8 Å². The molecule has 0 aromatic heterocycles. The normalized spacial score (nSPS) is 22.2. The second-order valence-electron chi connectivity index (χ2n) is 9.84. The summed E-state index contributed by atoms with van der Waals surface area (Å²) in [5, 5.41) is 3.00. The minimum absolute atomic E-state index is 0.0493. The van der Waals surface area contributed by atoms with E-state index < -0.39 is 10.0 Å². The molecule has 1 amide bonds. The largest absolute Gasteiger partial charge is 0.349 e. The summed E-state index contributed by atoms with van der Waals surface area (Å²) in [5.41, 5.74) is 4.39.